The maximum Gasteiger partial charge on any atom is 0.0406 e. The van der Waals surface area contributed by atoms with Gasteiger partial charge >= 0.3 is 0 Å². The van der Waals surface area contributed by atoms with Gasteiger partial charge in [0.15, 0.2) is 0 Å². The Morgan fingerprint density at radius 2 is 1.94 bits per heavy atom. The zero-order valence-electron chi connectivity index (χ0n) is 10.4. The van der Waals surface area contributed by atoms with Crippen molar-refractivity contribution in [3.8, 4) is 0 Å². The van der Waals surface area contributed by atoms with E-state index < -0.39 is 0 Å². The molecule has 1 aromatic rings. The summed E-state index contributed by atoms with van der Waals surface area (Å²) in [6, 6.07) is 8.48. The molecule has 0 aromatic heterocycles. The summed E-state index contributed by atoms with van der Waals surface area (Å²) in [4.78, 5) is 0. The van der Waals surface area contributed by atoms with Crippen molar-refractivity contribution in [3.63, 3.8) is 0 Å². The van der Waals surface area contributed by atoms with Crippen molar-refractivity contribution in [1.29, 1.82) is 0 Å². The lowest BCUT2D eigenvalue weighted by Gasteiger charge is -2.54. The van der Waals surface area contributed by atoms with Gasteiger partial charge in [-0.1, -0.05) is 30.7 Å². The van der Waals surface area contributed by atoms with E-state index in [1.807, 2.05) is 12.1 Å². The Labute approximate surface area is 109 Å². The average Bonchev–Trinajstić information content (AvgIpc) is 2.29. The van der Waals surface area contributed by atoms with Crippen molar-refractivity contribution in [2.45, 2.75) is 32.1 Å². The van der Waals surface area contributed by atoms with Crippen LogP contribution in [0.25, 0.3) is 0 Å². The summed E-state index contributed by atoms with van der Waals surface area (Å²) < 4.78 is 0. The van der Waals surface area contributed by atoms with E-state index in [0.29, 0.717) is 11.3 Å². The van der Waals surface area contributed by atoms with E-state index in [1.54, 1.807) is 0 Å². The van der Waals surface area contributed by atoms with E-state index in [0.717, 1.165) is 17.5 Å². The zero-order chi connectivity index (χ0) is 11.9. The molecule has 0 bridgehead atoms. The number of halogens is 1. The second kappa shape index (κ2) is 4.29. The van der Waals surface area contributed by atoms with Crippen LogP contribution < -0.4 is 5.32 Å². The molecule has 1 spiro atoms. The largest absolute Gasteiger partial charge is 0.316 e. The van der Waals surface area contributed by atoms with Crippen LogP contribution in [0.1, 0.15) is 37.7 Å². The number of rotatable bonds is 1. The van der Waals surface area contributed by atoms with Gasteiger partial charge in [-0.25, -0.2) is 0 Å². The topological polar surface area (TPSA) is 12.0 Å². The first-order valence-corrected chi connectivity index (χ1v) is 7.04. The van der Waals surface area contributed by atoms with Crippen molar-refractivity contribution in [2.24, 2.45) is 11.3 Å². The van der Waals surface area contributed by atoms with Gasteiger partial charge in [-0.15, -0.1) is 0 Å². The first kappa shape index (κ1) is 11.6. The summed E-state index contributed by atoms with van der Waals surface area (Å²) in [5, 5.41) is 4.39. The minimum absolute atomic E-state index is 0.582. The summed E-state index contributed by atoms with van der Waals surface area (Å²) >= 11 is 5.98. The van der Waals surface area contributed by atoms with Crippen molar-refractivity contribution in [1.82, 2.24) is 5.32 Å². The fourth-order valence-corrected chi connectivity index (χ4v) is 4.08. The van der Waals surface area contributed by atoms with E-state index >= 15 is 0 Å². The van der Waals surface area contributed by atoms with E-state index in [1.165, 1.54) is 31.4 Å². The van der Waals surface area contributed by atoms with Crippen LogP contribution >= 0.6 is 11.6 Å². The number of hydrogen-bond donors (Lipinski definition) is 1. The van der Waals surface area contributed by atoms with Gasteiger partial charge in [-0.3, -0.25) is 0 Å². The lowest BCUT2D eigenvalue weighted by Crippen LogP contribution is -2.50. The third kappa shape index (κ3) is 2.00. The Balaban J connectivity index is 1.87. The van der Waals surface area contributed by atoms with Crippen molar-refractivity contribution >= 4 is 11.6 Å². The van der Waals surface area contributed by atoms with Crippen molar-refractivity contribution < 1.29 is 0 Å². The predicted octanol–water partition coefficient (Wildman–Crippen LogP) is 3.83. The molecule has 1 nitrogen and oxygen atoms in total. The molecule has 1 aromatic carbocycles. The monoisotopic (exact) mass is 249 g/mol. The summed E-state index contributed by atoms with van der Waals surface area (Å²) in [6.07, 6.45) is 4.15. The van der Waals surface area contributed by atoms with Crippen LogP contribution in [0.15, 0.2) is 24.3 Å². The standard InChI is InChI=1S/C15H20ClN/c1-11-8-15(9-11)6-7-17-10-14(15)12-2-4-13(16)5-3-12/h2-5,11,14,17H,6-10H2,1H3. The van der Waals surface area contributed by atoms with Crippen molar-refractivity contribution in [2.75, 3.05) is 13.1 Å². The van der Waals surface area contributed by atoms with Gasteiger partial charge in [0.1, 0.15) is 0 Å². The third-order valence-electron chi connectivity index (χ3n) is 4.67. The first-order chi connectivity index (χ1) is 8.20. The van der Waals surface area contributed by atoms with Crippen LogP contribution in [-0.4, -0.2) is 13.1 Å². The van der Waals surface area contributed by atoms with Gasteiger partial charge in [0.2, 0.25) is 0 Å². The van der Waals surface area contributed by atoms with Gasteiger partial charge in [0, 0.05) is 17.5 Å². The van der Waals surface area contributed by atoms with Gasteiger partial charge in [-0.2, -0.15) is 0 Å². The molecule has 1 heterocycles. The summed E-state index contributed by atoms with van der Waals surface area (Å²) in [5.41, 5.74) is 2.05. The summed E-state index contributed by atoms with van der Waals surface area (Å²) in [7, 11) is 0. The molecule has 2 heteroatoms. The maximum absolute atomic E-state index is 5.98. The van der Waals surface area contributed by atoms with Crippen molar-refractivity contribution in [3.05, 3.63) is 34.9 Å². The molecule has 3 rings (SSSR count). The highest BCUT2D eigenvalue weighted by Gasteiger charge is 2.49. The zero-order valence-corrected chi connectivity index (χ0v) is 11.1. The normalized spacial score (nSPS) is 36.8. The molecule has 1 unspecified atom stereocenters. The highest BCUT2D eigenvalue weighted by molar-refractivity contribution is 6.30. The predicted molar refractivity (Wildman–Crippen MR) is 72.5 cm³/mol. The third-order valence-corrected chi connectivity index (χ3v) is 4.92. The first-order valence-electron chi connectivity index (χ1n) is 6.66. The molecule has 1 aliphatic carbocycles. The fraction of sp³-hybridized carbons (Fsp3) is 0.600. The van der Waals surface area contributed by atoms with E-state index in [9.17, 15) is 0 Å². The Morgan fingerprint density at radius 1 is 1.24 bits per heavy atom. The number of benzene rings is 1. The quantitative estimate of drug-likeness (QED) is 0.798. The molecule has 17 heavy (non-hydrogen) atoms. The average molecular weight is 250 g/mol. The maximum atomic E-state index is 5.98. The molecule has 1 N–H and O–H groups in total. The number of hydrogen-bond acceptors (Lipinski definition) is 1. The molecular weight excluding hydrogens is 230 g/mol. The Bertz CT molecular complexity index is 386. The van der Waals surface area contributed by atoms with Gasteiger partial charge in [0.25, 0.3) is 0 Å². The molecule has 2 fully saturated rings. The molecule has 1 saturated carbocycles. The Hall–Kier alpha value is -0.530. The molecule has 1 saturated heterocycles. The van der Waals surface area contributed by atoms with Crippen LogP contribution in [0, 0.1) is 11.3 Å². The lowest BCUT2D eigenvalue weighted by molar-refractivity contribution is 0.00838. The highest BCUT2D eigenvalue weighted by atomic mass is 35.5. The molecule has 1 atom stereocenters. The Kier molecular flexibility index (Phi) is 2.92. The molecule has 0 amide bonds. The SMILES string of the molecule is CC1CC2(CCNCC2c2ccc(Cl)cc2)C1. The van der Waals surface area contributed by atoms with E-state index in [2.05, 4.69) is 24.4 Å². The number of nitrogens with one attached hydrogen (secondary N) is 1. The second-order valence-electron chi connectivity index (χ2n) is 5.93. The van der Waals surface area contributed by atoms with Gasteiger partial charge in [-0.05, 0) is 54.8 Å². The lowest BCUT2D eigenvalue weighted by atomic mass is 9.52. The smallest absolute Gasteiger partial charge is 0.0406 e. The highest BCUT2D eigenvalue weighted by Crippen LogP contribution is 2.57. The van der Waals surface area contributed by atoms with Crippen LogP contribution in [0.5, 0.6) is 0 Å². The molecule has 92 valence electrons. The Morgan fingerprint density at radius 3 is 2.59 bits per heavy atom. The summed E-state index contributed by atoms with van der Waals surface area (Å²) in [5.74, 6) is 1.60. The molecule has 2 aliphatic rings. The van der Waals surface area contributed by atoms with Crippen LogP contribution in [-0.2, 0) is 0 Å². The number of piperidine rings is 1. The minimum Gasteiger partial charge on any atom is -0.316 e. The molecule has 1 aliphatic heterocycles. The minimum atomic E-state index is 0.582. The van der Waals surface area contributed by atoms with Crippen LogP contribution in [0.3, 0.4) is 0 Å². The van der Waals surface area contributed by atoms with Gasteiger partial charge in [0.05, 0.1) is 0 Å². The van der Waals surface area contributed by atoms with Crippen LogP contribution in [0.4, 0.5) is 0 Å². The van der Waals surface area contributed by atoms with Gasteiger partial charge < -0.3 is 5.32 Å². The molecule has 0 radical (unpaired) electrons. The van der Waals surface area contributed by atoms with Crippen LogP contribution in [0.2, 0.25) is 5.02 Å². The van der Waals surface area contributed by atoms with E-state index in [-0.39, 0.29) is 0 Å². The second-order valence-corrected chi connectivity index (χ2v) is 6.37. The fourth-order valence-electron chi connectivity index (χ4n) is 3.96. The summed E-state index contributed by atoms with van der Waals surface area (Å²) in [6.45, 7) is 4.71. The van der Waals surface area contributed by atoms with E-state index in [4.69, 9.17) is 11.6 Å². The molecular formula is C15H20ClN.